The fourth-order valence-corrected chi connectivity index (χ4v) is 1.93. The zero-order chi connectivity index (χ0) is 13.1. The van der Waals surface area contributed by atoms with Crippen molar-refractivity contribution < 1.29 is 5.11 Å². The van der Waals surface area contributed by atoms with Gasteiger partial charge in [0.1, 0.15) is 0 Å². The molecule has 2 aromatic rings. The van der Waals surface area contributed by atoms with Crippen molar-refractivity contribution in [3.05, 3.63) is 52.0 Å². The monoisotopic (exact) mass is 279 g/mol. The summed E-state index contributed by atoms with van der Waals surface area (Å²) in [6.45, 7) is 0. The van der Waals surface area contributed by atoms with Crippen LogP contribution in [0.1, 0.15) is 5.56 Å². The Morgan fingerprint density at radius 1 is 1.17 bits per heavy atom. The van der Waals surface area contributed by atoms with Crippen molar-refractivity contribution in [2.75, 3.05) is 5.73 Å². The summed E-state index contributed by atoms with van der Waals surface area (Å²) in [6, 6.07) is 10.0. The maximum atomic E-state index is 11.7. The second-order valence-electron chi connectivity index (χ2n) is 3.62. The number of nitrogens with zero attached hydrogens (tertiary/aromatic N) is 1. The van der Waals surface area contributed by atoms with Gasteiger partial charge in [0, 0.05) is 16.3 Å². The molecule has 0 aromatic heterocycles. The van der Waals surface area contributed by atoms with E-state index in [4.69, 9.17) is 28.9 Å². The molecule has 0 aliphatic rings. The van der Waals surface area contributed by atoms with Gasteiger partial charge in [-0.15, -0.1) is 0 Å². The van der Waals surface area contributed by atoms with Gasteiger partial charge in [-0.05, 0) is 29.8 Å². The first-order chi connectivity index (χ1) is 8.58. The first-order valence-corrected chi connectivity index (χ1v) is 5.88. The molecular weight excluding hydrogens is 271 g/mol. The van der Waals surface area contributed by atoms with Gasteiger partial charge in [0.05, 0.1) is 11.4 Å². The summed E-state index contributed by atoms with van der Waals surface area (Å²) in [5.74, 6) is -0.306. The lowest BCUT2D eigenvalue weighted by Gasteiger charge is -2.12. The van der Waals surface area contributed by atoms with E-state index >= 15 is 0 Å². The highest BCUT2D eigenvalue weighted by molar-refractivity contribution is 6.36. The Kier molecular flexibility index (Phi) is 3.75. The molecule has 92 valence electrons. The number of anilines is 1. The summed E-state index contributed by atoms with van der Waals surface area (Å²) in [5, 5.41) is 12.2. The first kappa shape index (κ1) is 12.7. The highest BCUT2D eigenvalue weighted by atomic mass is 35.5. The second-order valence-corrected chi connectivity index (χ2v) is 4.47. The number of para-hydroxylation sites is 2. The number of hydrogen-bond acceptors (Lipinski definition) is 3. The SMILES string of the molecule is Nc1ccccc1N=Cc1cc(Cl)cc(Cl)c1[O-]. The largest absolute Gasteiger partial charge is 0.871 e. The molecule has 0 saturated carbocycles. The molecule has 0 aliphatic carbocycles. The van der Waals surface area contributed by atoms with Gasteiger partial charge >= 0.3 is 0 Å². The number of hydrogen-bond donors (Lipinski definition) is 1. The van der Waals surface area contributed by atoms with E-state index < -0.39 is 0 Å². The van der Waals surface area contributed by atoms with Crippen LogP contribution in [-0.2, 0) is 0 Å². The number of nitrogens with two attached hydrogens (primary N) is 1. The Morgan fingerprint density at radius 2 is 1.89 bits per heavy atom. The highest BCUT2D eigenvalue weighted by Crippen LogP contribution is 2.28. The lowest BCUT2D eigenvalue weighted by Crippen LogP contribution is -1.97. The number of aliphatic imine (C=N–C) groups is 1. The minimum Gasteiger partial charge on any atom is -0.871 e. The Bertz CT molecular complexity index is 612. The van der Waals surface area contributed by atoms with Crippen molar-refractivity contribution >= 4 is 40.8 Å². The van der Waals surface area contributed by atoms with Gasteiger partial charge in [-0.25, -0.2) is 0 Å². The topological polar surface area (TPSA) is 61.4 Å². The van der Waals surface area contributed by atoms with E-state index in [1.807, 2.05) is 12.1 Å². The molecule has 0 aliphatic heterocycles. The van der Waals surface area contributed by atoms with E-state index in [-0.39, 0.29) is 10.8 Å². The van der Waals surface area contributed by atoms with Gasteiger partial charge in [-0.3, -0.25) is 4.99 Å². The molecule has 0 radical (unpaired) electrons. The van der Waals surface area contributed by atoms with Gasteiger partial charge in [0.15, 0.2) is 0 Å². The van der Waals surface area contributed by atoms with E-state index in [9.17, 15) is 5.11 Å². The second kappa shape index (κ2) is 5.29. The molecule has 0 spiro atoms. The molecule has 0 saturated heterocycles. The molecule has 2 aromatic carbocycles. The Labute approximate surface area is 114 Å². The van der Waals surface area contributed by atoms with E-state index in [0.717, 1.165) is 0 Å². The predicted octanol–water partition coefficient (Wildman–Crippen LogP) is 3.40. The third-order valence-corrected chi connectivity index (χ3v) is 2.82. The third-order valence-electron chi connectivity index (χ3n) is 2.32. The van der Waals surface area contributed by atoms with Crippen LogP contribution in [0.4, 0.5) is 11.4 Å². The van der Waals surface area contributed by atoms with E-state index in [1.54, 1.807) is 12.1 Å². The number of halogens is 2. The number of nitrogen functional groups attached to an aromatic ring is 1. The van der Waals surface area contributed by atoms with Gasteiger partial charge in [0.2, 0.25) is 0 Å². The molecule has 0 atom stereocenters. The summed E-state index contributed by atoms with van der Waals surface area (Å²) in [5.41, 5.74) is 7.20. The summed E-state index contributed by atoms with van der Waals surface area (Å²) >= 11 is 11.6. The Balaban J connectivity index is 2.38. The first-order valence-electron chi connectivity index (χ1n) is 5.12. The van der Waals surface area contributed by atoms with Gasteiger partial charge in [-0.1, -0.05) is 41.1 Å². The van der Waals surface area contributed by atoms with Crippen molar-refractivity contribution in [2.24, 2.45) is 4.99 Å². The molecule has 18 heavy (non-hydrogen) atoms. The highest BCUT2D eigenvalue weighted by Gasteiger charge is 2.00. The van der Waals surface area contributed by atoms with Gasteiger partial charge in [-0.2, -0.15) is 0 Å². The van der Waals surface area contributed by atoms with E-state index in [2.05, 4.69) is 4.99 Å². The van der Waals surface area contributed by atoms with Crippen LogP contribution in [0.2, 0.25) is 10.0 Å². The lowest BCUT2D eigenvalue weighted by molar-refractivity contribution is -0.268. The molecule has 3 nitrogen and oxygen atoms in total. The van der Waals surface area contributed by atoms with Gasteiger partial charge < -0.3 is 10.8 Å². The molecule has 0 heterocycles. The Hall–Kier alpha value is -1.71. The number of rotatable bonds is 2. The third kappa shape index (κ3) is 2.75. The molecule has 0 unspecified atom stereocenters. The van der Waals surface area contributed by atoms with Crippen LogP contribution in [0.15, 0.2) is 41.4 Å². The van der Waals surface area contributed by atoms with Crippen LogP contribution in [0, 0.1) is 0 Å². The number of benzene rings is 2. The summed E-state index contributed by atoms with van der Waals surface area (Å²) in [6.07, 6.45) is 1.41. The van der Waals surface area contributed by atoms with Crippen molar-refractivity contribution in [3.63, 3.8) is 0 Å². The lowest BCUT2D eigenvalue weighted by atomic mass is 10.2. The fourth-order valence-electron chi connectivity index (χ4n) is 1.42. The summed E-state index contributed by atoms with van der Waals surface area (Å²) < 4.78 is 0. The molecule has 5 heteroatoms. The summed E-state index contributed by atoms with van der Waals surface area (Å²) in [7, 11) is 0. The fraction of sp³-hybridized carbons (Fsp3) is 0. The molecule has 2 N–H and O–H groups in total. The van der Waals surface area contributed by atoms with Crippen molar-refractivity contribution in [3.8, 4) is 5.75 Å². The van der Waals surface area contributed by atoms with Crippen LogP contribution in [0.3, 0.4) is 0 Å². The zero-order valence-electron chi connectivity index (χ0n) is 9.23. The van der Waals surface area contributed by atoms with Gasteiger partial charge in [0.25, 0.3) is 0 Å². The average molecular weight is 280 g/mol. The van der Waals surface area contributed by atoms with Crippen molar-refractivity contribution in [1.29, 1.82) is 0 Å². The van der Waals surface area contributed by atoms with Crippen LogP contribution in [0.5, 0.6) is 5.75 Å². The zero-order valence-corrected chi connectivity index (χ0v) is 10.7. The van der Waals surface area contributed by atoms with Crippen molar-refractivity contribution in [2.45, 2.75) is 0 Å². The maximum Gasteiger partial charge on any atom is 0.0859 e. The minimum absolute atomic E-state index is 0.0741. The van der Waals surface area contributed by atoms with E-state index in [0.29, 0.717) is 22.0 Å². The molecule has 0 bridgehead atoms. The molecular formula is C13H9Cl2N2O-. The predicted molar refractivity (Wildman–Crippen MR) is 74.0 cm³/mol. The molecule has 0 amide bonds. The minimum atomic E-state index is -0.306. The van der Waals surface area contributed by atoms with Crippen molar-refractivity contribution in [1.82, 2.24) is 0 Å². The van der Waals surface area contributed by atoms with Crippen LogP contribution >= 0.6 is 23.2 Å². The van der Waals surface area contributed by atoms with E-state index in [1.165, 1.54) is 18.3 Å². The maximum absolute atomic E-state index is 11.7. The smallest absolute Gasteiger partial charge is 0.0859 e. The normalized spacial score (nSPS) is 11.0. The standard InChI is InChI=1S/C13H10Cl2N2O/c14-9-5-8(13(18)10(15)6-9)7-17-12-4-2-1-3-11(12)16/h1-7,18H,16H2/p-1. The quantitative estimate of drug-likeness (QED) is 0.677. The van der Waals surface area contributed by atoms with Crippen LogP contribution in [-0.4, -0.2) is 6.21 Å². The Morgan fingerprint density at radius 3 is 2.61 bits per heavy atom. The van der Waals surface area contributed by atoms with Crippen LogP contribution in [0.25, 0.3) is 0 Å². The summed E-state index contributed by atoms with van der Waals surface area (Å²) in [4.78, 5) is 4.15. The average Bonchev–Trinajstić information content (AvgIpc) is 2.33. The van der Waals surface area contributed by atoms with Crippen LogP contribution < -0.4 is 10.8 Å². The molecule has 2 rings (SSSR count). The molecule has 0 fully saturated rings.